The predicted molar refractivity (Wildman–Crippen MR) is 98.1 cm³/mol. The molecular formula is C20H25N3O. The zero-order chi connectivity index (χ0) is 16.9. The summed E-state index contributed by atoms with van der Waals surface area (Å²) in [6.45, 7) is 2.43. The highest BCUT2D eigenvalue weighted by molar-refractivity contribution is 5.99. The van der Waals surface area contributed by atoms with Gasteiger partial charge in [0, 0.05) is 38.4 Å². The van der Waals surface area contributed by atoms with Gasteiger partial charge in [0.25, 0.3) is 5.91 Å². The molecule has 1 amide bonds. The molecule has 2 aromatic carbocycles. The number of piperidine rings is 1. The minimum Gasteiger partial charge on any atom is -0.371 e. The molecule has 126 valence electrons. The quantitative estimate of drug-likeness (QED) is 0.941. The molecule has 4 nitrogen and oxygen atoms in total. The molecule has 3 rings (SSSR count). The standard InChI is InChI=1S/C20H25N3O/c1-22(15-16-7-3-2-4-8-16)20(24)18-9-5-6-10-19(18)23-13-11-17(21)12-14-23/h2-10,17H,11-15,21H2,1H3. The topological polar surface area (TPSA) is 49.6 Å². The molecule has 1 aliphatic heterocycles. The summed E-state index contributed by atoms with van der Waals surface area (Å²) in [6, 6.07) is 18.3. The number of para-hydroxylation sites is 1. The number of anilines is 1. The Hall–Kier alpha value is -2.33. The van der Waals surface area contributed by atoms with Gasteiger partial charge in [-0.25, -0.2) is 0 Å². The van der Waals surface area contributed by atoms with Gasteiger partial charge in [0.05, 0.1) is 5.56 Å². The van der Waals surface area contributed by atoms with Crippen LogP contribution in [0.25, 0.3) is 0 Å². The molecule has 1 heterocycles. The summed E-state index contributed by atoms with van der Waals surface area (Å²) < 4.78 is 0. The van der Waals surface area contributed by atoms with Crippen molar-refractivity contribution in [2.45, 2.75) is 25.4 Å². The molecule has 0 bridgehead atoms. The average molecular weight is 323 g/mol. The Morgan fingerprint density at radius 1 is 1.08 bits per heavy atom. The molecule has 1 fully saturated rings. The van der Waals surface area contributed by atoms with Gasteiger partial charge in [-0.3, -0.25) is 4.79 Å². The van der Waals surface area contributed by atoms with Gasteiger partial charge >= 0.3 is 0 Å². The van der Waals surface area contributed by atoms with Crippen LogP contribution in [0.2, 0.25) is 0 Å². The minimum absolute atomic E-state index is 0.0596. The Bertz CT molecular complexity index is 678. The van der Waals surface area contributed by atoms with Crippen LogP contribution in [-0.2, 0) is 6.54 Å². The Morgan fingerprint density at radius 3 is 2.42 bits per heavy atom. The molecule has 2 N–H and O–H groups in total. The first-order valence-electron chi connectivity index (χ1n) is 8.54. The normalized spacial score (nSPS) is 15.3. The van der Waals surface area contributed by atoms with Crippen LogP contribution in [-0.4, -0.2) is 37.0 Å². The van der Waals surface area contributed by atoms with Crippen LogP contribution in [0.3, 0.4) is 0 Å². The molecule has 1 aliphatic rings. The highest BCUT2D eigenvalue weighted by atomic mass is 16.2. The number of rotatable bonds is 4. The summed E-state index contributed by atoms with van der Waals surface area (Å²) in [4.78, 5) is 17.0. The third-order valence-corrected chi connectivity index (χ3v) is 4.62. The molecular weight excluding hydrogens is 298 g/mol. The van der Waals surface area contributed by atoms with Crippen LogP contribution in [0, 0.1) is 0 Å². The Kier molecular flexibility index (Phi) is 5.16. The fourth-order valence-electron chi connectivity index (χ4n) is 3.21. The predicted octanol–water partition coefficient (Wildman–Crippen LogP) is 2.89. The number of amides is 1. The lowest BCUT2D eigenvalue weighted by atomic mass is 10.0. The summed E-state index contributed by atoms with van der Waals surface area (Å²) >= 11 is 0. The maximum absolute atomic E-state index is 13.0. The number of carbonyl (C=O) groups is 1. The summed E-state index contributed by atoms with van der Waals surface area (Å²) in [5, 5.41) is 0. The van der Waals surface area contributed by atoms with E-state index in [-0.39, 0.29) is 11.9 Å². The largest absolute Gasteiger partial charge is 0.371 e. The summed E-state index contributed by atoms with van der Waals surface area (Å²) in [5.74, 6) is 0.0596. The van der Waals surface area contributed by atoms with Gasteiger partial charge in [-0.2, -0.15) is 0 Å². The first kappa shape index (κ1) is 16.5. The molecule has 0 spiro atoms. The van der Waals surface area contributed by atoms with Gasteiger partial charge in [0.15, 0.2) is 0 Å². The van der Waals surface area contributed by atoms with Crippen LogP contribution in [0.5, 0.6) is 0 Å². The van der Waals surface area contributed by atoms with Crippen molar-refractivity contribution in [2.24, 2.45) is 5.73 Å². The number of nitrogens with zero attached hydrogens (tertiary/aromatic N) is 2. The van der Waals surface area contributed by atoms with Crippen LogP contribution in [0.1, 0.15) is 28.8 Å². The molecule has 0 saturated carbocycles. The number of nitrogens with two attached hydrogens (primary N) is 1. The van der Waals surface area contributed by atoms with E-state index in [2.05, 4.69) is 4.90 Å². The molecule has 1 saturated heterocycles. The van der Waals surface area contributed by atoms with Crippen molar-refractivity contribution in [3.05, 3.63) is 65.7 Å². The van der Waals surface area contributed by atoms with Gasteiger partial charge in [0.2, 0.25) is 0 Å². The highest BCUT2D eigenvalue weighted by Crippen LogP contribution is 2.25. The van der Waals surface area contributed by atoms with Crippen molar-refractivity contribution in [3.8, 4) is 0 Å². The minimum atomic E-state index is 0.0596. The summed E-state index contributed by atoms with van der Waals surface area (Å²) in [6.07, 6.45) is 1.95. The molecule has 0 aromatic heterocycles. The van der Waals surface area contributed by atoms with Crippen molar-refractivity contribution in [1.29, 1.82) is 0 Å². The van der Waals surface area contributed by atoms with Crippen LogP contribution >= 0.6 is 0 Å². The van der Waals surface area contributed by atoms with Gasteiger partial charge in [-0.05, 0) is 30.5 Å². The lowest BCUT2D eigenvalue weighted by Gasteiger charge is -2.33. The zero-order valence-corrected chi connectivity index (χ0v) is 14.2. The van der Waals surface area contributed by atoms with Crippen LogP contribution in [0.15, 0.2) is 54.6 Å². The number of hydrogen-bond donors (Lipinski definition) is 1. The first-order chi connectivity index (χ1) is 11.6. The van der Waals surface area contributed by atoms with E-state index >= 15 is 0 Å². The van der Waals surface area contributed by atoms with E-state index in [4.69, 9.17) is 5.73 Å². The fourth-order valence-corrected chi connectivity index (χ4v) is 3.21. The summed E-state index contributed by atoms with van der Waals surface area (Å²) in [5.41, 5.74) is 8.93. The smallest absolute Gasteiger partial charge is 0.256 e. The van der Waals surface area contributed by atoms with Crippen LogP contribution < -0.4 is 10.6 Å². The molecule has 4 heteroatoms. The number of hydrogen-bond acceptors (Lipinski definition) is 3. The first-order valence-corrected chi connectivity index (χ1v) is 8.54. The second kappa shape index (κ2) is 7.49. The van der Waals surface area contributed by atoms with Crippen molar-refractivity contribution < 1.29 is 4.79 Å². The highest BCUT2D eigenvalue weighted by Gasteiger charge is 2.22. The van der Waals surface area contributed by atoms with E-state index in [1.165, 1.54) is 0 Å². The Labute approximate surface area is 143 Å². The second-order valence-corrected chi connectivity index (χ2v) is 6.49. The van der Waals surface area contributed by atoms with Gasteiger partial charge in [-0.1, -0.05) is 42.5 Å². The molecule has 0 unspecified atom stereocenters. The van der Waals surface area contributed by atoms with E-state index in [0.717, 1.165) is 42.7 Å². The van der Waals surface area contributed by atoms with E-state index in [0.29, 0.717) is 6.54 Å². The van der Waals surface area contributed by atoms with Gasteiger partial charge < -0.3 is 15.5 Å². The summed E-state index contributed by atoms with van der Waals surface area (Å²) in [7, 11) is 1.86. The Balaban J connectivity index is 1.77. The third-order valence-electron chi connectivity index (χ3n) is 4.62. The van der Waals surface area contributed by atoms with Crippen molar-refractivity contribution in [2.75, 3.05) is 25.0 Å². The van der Waals surface area contributed by atoms with E-state index in [1.807, 2.05) is 61.6 Å². The monoisotopic (exact) mass is 323 g/mol. The molecule has 0 aliphatic carbocycles. The van der Waals surface area contributed by atoms with Gasteiger partial charge in [-0.15, -0.1) is 0 Å². The van der Waals surface area contributed by atoms with Gasteiger partial charge in [0.1, 0.15) is 0 Å². The zero-order valence-electron chi connectivity index (χ0n) is 14.2. The number of carbonyl (C=O) groups excluding carboxylic acids is 1. The molecule has 24 heavy (non-hydrogen) atoms. The van der Waals surface area contributed by atoms with Crippen molar-refractivity contribution in [1.82, 2.24) is 4.90 Å². The lowest BCUT2D eigenvalue weighted by Crippen LogP contribution is -2.40. The molecule has 0 atom stereocenters. The molecule has 2 aromatic rings. The van der Waals surface area contributed by atoms with Crippen molar-refractivity contribution >= 4 is 11.6 Å². The maximum atomic E-state index is 13.0. The second-order valence-electron chi connectivity index (χ2n) is 6.49. The van der Waals surface area contributed by atoms with E-state index < -0.39 is 0 Å². The third kappa shape index (κ3) is 3.77. The van der Waals surface area contributed by atoms with E-state index in [1.54, 1.807) is 4.90 Å². The SMILES string of the molecule is CN(Cc1ccccc1)C(=O)c1ccccc1N1CCC(N)CC1. The van der Waals surface area contributed by atoms with E-state index in [9.17, 15) is 4.79 Å². The van der Waals surface area contributed by atoms with Crippen molar-refractivity contribution in [3.63, 3.8) is 0 Å². The Morgan fingerprint density at radius 2 is 1.71 bits per heavy atom. The average Bonchev–Trinajstić information content (AvgIpc) is 2.62. The molecule has 0 radical (unpaired) electrons. The van der Waals surface area contributed by atoms with Crippen LogP contribution in [0.4, 0.5) is 5.69 Å². The maximum Gasteiger partial charge on any atom is 0.256 e. The lowest BCUT2D eigenvalue weighted by molar-refractivity contribution is 0.0785. The fraction of sp³-hybridized carbons (Fsp3) is 0.350. The number of benzene rings is 2.